The predicted octanol–water partition coefficient (Wildman–Crippen LogP) is 6.55. The minimum absolute atomic E-state index is 0.0133. The molecule has 0 aromatic rings. The number of ketones is 1. The lowest BCUT2D eigenvalue weighted by Crippen LogP contribution is -2.40. The largest absolute Gasteiger partial charge is 0.543 e. The van der Waals surface area contributed by atoms with E-state index in [1.807, 2.05) is 33.9 Å². The number of halogens is 3. The summed E-state index contributed by atoms with van der Waals surface area (Å²) in [6.07, 6.45) is 4.09. The Bertz CT molecular complexity index is 458. The van der Waals surface area contributed by atoms with E-state index in [9.17, 15) is 18.0 Å². The summed E-state index contributed by atoms with van der Waals surface area (Å²) in [5.74, 6) is -1.87. The highest BCUT2D eigenvalue weighted by Crippen LogP contribution is 2.38. The molecule has 0 fully saturated rings. The number of unbranched alkanes of at least 4 members (excludes halogenated alkanes) is 4. The molecule has 0 saturated heterocycles. The summed E-state index contributed by atoms with van der Waals surface area (Å²) in [6.45, 7) is 12.0. The molecule has 0 atom stereocenters. The molecule has 0 aromatic heterocycles. The summed E-state index contributed by atoms with van der Waals surface area (Å²) < 4.78 is 43.5. The third-order valence-electron chi connectivity index (χ3n) is 4.24. The third kappa shape index (κ3) is 8.71. The lowest BCUT2D eigenvalue weighted by Gasteiger charge is -2.36. The SMILES string of the molecule is CCCCCC/C=C/C(=C\C(=O)C(F)(F)F)O[Si](C)(C)C(C)(C)C. The van der Waals surface area contributed by atoms with Gasteiger partial charge in [0.25, 0.3) is 5.78 Å². The van der Waals surface area contributed by atoms with Gasteiger partial charge in [0.15, 0.2) is 0 Å². The van der Waals surface area contributed by atoms with Crippen LogP contribution in [0.5, 0.6) is 0 Å². The van der Waals surface area contributed by atoms with E-state index >= 15 is 0 Å². The molecular weight excluding hydrogens is 333 g/mol. The molecule has 0 amide bonds. The fourth-order valence-electron chi connectivity index (χ4n) is 1.66. The predicted molar refractivity (Wildman–Crippen MR) is 95.3 cm³/mol. The van der Waals surface area contributed by atoms with Gasteiger partial charge in [0.2, 0.25) is 8.32 Å². The Kier molecular flexibility index (Phi) is 9.03. The average molecular weight is 365 g/mol. The van der Waals surface area contributed by atoms with Crippen molar-refractivity contribution in [3.05, 3.63) is 24.0 Å². The van der Waals surface area contributed by atoms with E-state index < -0.39 is 20.3 Å². The Hall–Kier alpha value is -1.04. The van der Waals surface area contributed by atoms with Gasteiger partial charge in [-0.1, -0.05) is 53.0 Å². The molecule has 0 heterocycles. The average Bonchev–Trinajstić information content (AvgIpc) is 2.39. The van der Waals surface area contributed by atoms with E-state index in [1.54, 1.807) is 6.08 Å². The zero-order valence-electron chi connectivity index (χ0n) is 15.7. The summed E-state index contributed by atoms with van der Waals surface area (Å²) in [5.41, 5.74) is 0. The summed E-state index contributed by atoms with van der Waals surface area (Å²) in [7, 11) is -2.31. The maximum Gasteiger partial charge on any atom is 0.454 e. The molecule has 0 radical (unpaired) electrons. The first-order valence-corrected chi connectivity index (χ1v) is 11.4. The zero-order valence-corrected chi connectivity index (χ0v) is 16.7. The van der Waals surface area contributed by atoms with Crippen LogP contribution in [0.3, 0.4) is 0 Å². The molecule has 0 aromatic carbocycles. The van der Waals surface area contributed by atoms with E-state index in [2.05, 4.69) is 6.92 Å². The number of hydrogen-bond donors (Lipinski definition) is 0. The number of alkyl halides is 3. The highest BCUT2D eigenvalue weighted by molar-refractivity contribution is 6.74. The van der Waals surface area contributed by atoms with Crippen molar-refractivity contribution in [2.24, 2.45) is 0 Å². The van der Waals surface area contributed by atoms with Gasteiger partial charge in [-0.05, 0) is 37.0 Å². The number of carbonyl (C=O) groups excluding carboxylic acids is 1. The van der Waals surface area contributed by atoms with E-state index in [-0.39, 0.29) is 10.8 Å². The smallest absolute Gasteiger partial charge is 0.454 e. The van der Waals surface area contributed by atoms with Crippen LogP contribution in [0.25, 0.3) is 0 Å². The molecule has 0 bridgehead atoms. The first-order chi connectivity index (χ1) is 10.8. The molecule has 0 saturated carbocycles. The van der Waals surface area contributed by atoms with Crippen molar-refractivity contribution in [3.63, 3.8) is 0 Å². The summed E-state index contributed by atoms with van der Waals surface area (Å²) in [5, 5.41) is -0.164. The summed E-state index contributed by atoms with van der Waals surface area (Å²) in [4.78, 5) is 11.3. The monoisotopic (exact) mass is 364 g/mol. The van der Waals surface area contributed by atoms with Crippen LogP contribution in [0, 0.1) is 0 Å². The fourth-order valence-corrected chi connectivity index (χ4v) is 2.68. The molecule has 6 heteroatoms. The van der Waals surface area contributed by atoms with Crippen LogP contribution in [-0.2, 0) is 9.22 Å². The minimum atomic E-state index is -4.88. The summed E-state index contributed by atoms with van der Waals surface area (Å²) in [6, 6.07) is 0. The second-order valence-corrected chi connectivity index (χ2v) is 12.2. The fraction of sp³-hybridized carbons (Fsp3) is 0.722. The van der Waals surface area contributed by atoms with Gasteiger partial charge in [0.1, 0.15) is 5.76 Å². The number of rotatable bonds is 9. The van der Waals surface area contributed by atoms with Gasteiger partial charge in [0.05, 0.1) is 0 Å². The standard InChI is InChI=1S/C18H31F3O2Si/c1-7-8-9-10-11-12-13-15(14-16(22)18(19,20)21)23-24(5,6)17(2,3)4/h12-14H,7-11H2,1-6H3/b13-12+,15-14+. The van der Waals surface area contributed by atoms with Crippen LogP contribution < -0.4 is 0 Å². The highest BCUT2D eigenvalue weighted by Gasteiger charge is 2.41. The summed E-state index contributed by atoms with van der Waals surface area (Å²) >= 11 is 0. The Morgan fingerprint density at radius 3 is 2.12 bits per heavy atom. The van der Waals surface area contributed by atoms with E-state index in [0.29, 0.717) is 6.08 Å². The van der Waals surface area contributed by atoms with Crippen molar-refractivity contribution in [2.75, 3.05) is 0 Å². The number of carbonyl (C=O) groups is 1. The molecule has 0 spiro atoms. The Labute approximate surface area is 145 Å². The molecular formula is C18H31F3O2Si. The Morgan fingerprint density at radius 2 is 1.67 bits per heavy atom. The molecule has 0 aliphatic rings. The molecule has 140 valence electrons. The number of hydrogen-bond acceptors (Lipinski definition) is 2. The normalized spacial score (nSPS) is 14.3. The zero-order chi connectivity index (χ0) is 19.0. The van der Waals surface area contributed by atoms with Crippen LogP contribution in [0.2, 0.25) is 18.1 Å². The maximum absolute atomic E-state index is 12.5. The third-order valence-corrected chi connectivity index (χ3v) is 8.60. The Morgan fingerprint density at radius 1 is 1.08 bits per heavy atom. The van der Waals surface area contributed by atoms with Gasteiger partial charge >= 0.3 is 6.18 Å². The first kappa shape index (κ1) is 23.0. The van der Waals surface area contributed by atoms with Crippen molar-refractivity contribution in [1.29, 1.82) is 0 Å². The van der Waals surface area contributed by atoms with Crippen LogP contribution >= 0.6 is 0 Å². The van der Waals surface area contributed by atoms with Crippen molar-refractivity contribution < 1.29 is 22.4 Å². The minimum Gasteiger partial charge on any atom is -0.543 e. The van der Waals surface area contributed by atoms with Crippen molar-refractivity contribution in [2.45, 2.75) is 84.1 Å². The van der Waals surface area contributed by atoms with Crippen LogP contribution in [-0.4, -0.2) is 20.3 Å². The van der Waals surface area contributed by atoms with Crippen molar-refractivity contribution in [1.82, 2.24) is 0 Å². The molecule has 0 rings (SSSR count). The van der Waals surface area contributed by atoms with Crippen molar-refractivity contribution in [3.8, 4) is 0 Å². The number of allylic oxidation sites excluding steroid dienone is 3. The van der Waals surface area contributed by atoms with E-state index in [4.69, 9.17) is 4.43 Å². The lowest BCUT2D eigenvalue weighted by molar-refractivity contribution is -0.165. The molecule has 0 aliphatic heterocycles. The highest BCUT2D eigenvalue weighted by atomic mass is 28.4. The molecule has 0 aliphatic carbocycles. The second kappa shape index (κ2) is 9.44. The van der Waals surface area contributed by atoms with Gasteiger partial charge in [0, 0.05) is 6.08 Å². The molecule has 2 nitrogen and oxygen atoms in total. The molecule has 24 heavy (non-hydrogen) atoms. The quantitative estimate of drug-likeness (QED) is 0.152. The van der Waals surface area contributed by atoms with Gasteiger partial charge in [-0.3, -0.25) is 4.79 Å². The first-order valence-electron chi connectivity index (χ1n) is 8.49. The van der Waals surface area contributed by atoms with Crippen molar-refractivity contribution >= 4 is 14.1 Å². The van der Waals surface area contributed by atoms with Crippen LogP contribution in [0.15, 0.2) is 24.0 Å². The van der Waals surface area contributed by atoms with Gasteiger partial charge in [-0.25, -0.2) is 0 Å². The topological polar surface area (TPSA) is 26.3 Å². The van der Waals surface area contributed by atoms with Gasteiger partial charge in [-0.15, -0.1) is 0 Å². The van der Waals surface area contributed by atoms with E-state index in [1.165, 1.54) is 6.08 Å². The van der Waals surface area contributed by atoms with Crippen LogP contribution in [0.1, 0.15) is 59.8 Å². The van der Waals surface area contributed by atoms with Gasteiger partial charge in [-0.2, -0.15) is 13.2 Å². The maximum atomic E-state index is 12.5. The molecule has 0 unspecified atom stereocenters. The van der Waals surface area contributed by atoms with E-state index in [0.717, 1.165) is 32.1 Å². The van der Waals surface area contributed by atoms with Crippen LogP contribution in [0.4, 0.5) is 13.2 Å². The lowest BCUT2D eigenvalue weighted by atomic mass is 10.1. The van der Waals surface area contributed by atoms with Gasteiger partial charge < -0.3 is 4.43 Å². The second-order valence-electron chi connectivity index (χ2n) is 7.52. The Balaban J connectivity index is 5.15. The molecule has 0 N–H and O–H groups in total.